The van der Waals surface area contributed by atoms with Gasteiger partial charge in [0.1, 0.15) is 6.10 Å². The first kappa shape index (κ1) is 19.1. The molecule has 0 bridgehead atoms. The molecular weight excluding hydrogens is 364 g/mol. The van der Waals surface area contributed by atoms with E-state index < -0.39 is 0 Å². The number of nitrogens with zero attached hydrogens (tertiary/aromatic N) is 4. The molecule has 27 heavy (non-hydrogen) atoms. The maximum Gasteiger partial charge on any atom is 0.255 e. The van der Waals surface area contributed by atoms with Crippen LogP contribution in [0, 0.1) is 0 Å². The van der Waals surface area contributed by atoms with Crippen LogP contribution in [-0.2, 0) is 11.8 Å². The number of pyridine rings is 1. The van der Waals surface area contributed by atoms with Gasteiger partial charge in [-0.3, -0.25) is 14.3 Å². The molecule has 140 valence electrons. The number of aromatic nitrogens is 3. The molecule has 1 fully saturated rings. The first-order chi connectivity index (χ1) is 12.7. The normalized spacial score (nSPS) is 16.6. The van der Waals surface area contributed by atoms with Gasteiger partial charge in [0.25, 0.3) is 5.56 Å². The smallest absolute Gasteiger partial charge is 0.255 e. The Labute approximate surface area is 163 Å². The Hall–Kier alpha value is -2.70. The third-order valence-electron chi connectivity index (χ3n) is 4.61. The van der Waals surface area contributed by atoms with E-state index in [1.165, 1.54) is 0 Å². The summed E-state index contributed by atoms with van der Waals surface area (Å²) in [7, 11) is 1.76. The van der Waals surface area contributed by atoms with Crippen LogP contribution in [0.5, 0.6) is 0 Å². The fraction of sp³-hybridized carbons (Fsp3) is 0.250. The van der Waals surface area contributed by atoms with E-state index >= 15 is 0 Å². The molecule has 7 heteroatoms. The van der Waals surface area contributed by atoms with E-state index in [4.69, 9.17) is 9.72 Å². The Bertz CT molecular complexity index is 947. The number of halogens is 1. The van der Waals surface area contributed by atoms with Crippen molar-refractivity contribution in [1.29, 1.82) is 0 Å². The Balaban J connectivity index is 0.00000210. The van der Waals surface area contributed by atoms with Crippen molar-refractivity contribution in [1.82, 2.24) is 14.5 Å². The number of hydrogen-bond acceptors (Lipinski definition) is 5. The zero-order chi connectivity index (χ0) is 17.9. The predicted molar refractivity (Wildman–Crippen MR) is 107 cm³/mol. The number of anilines is 1. The molecule has 0 amide bonds. The molecule has 1 aliphatic heterocycles. The fourth-order valence-electron chi connectivity index (χ4n) is 3.18. The summed E-state index contributed by atoms with van der Waals surface area (Å²) in [5.74, 6) is 0.661. The average Bonchev–Trinajstić information content (AvgIpc) is 2.71. The molecular formula is C20H21ClN4O2. The molecule has 1 atom stereocenters. The number of benzene rings is 1. The zero-order valence-corrected chi connectivity index (χ0v) is 15.8. The van der Waals surface area contributed by atoms with Crippen LogP contribution in [-0.4, -0.2) is 34.2 Å². The Morgan fingerprint density at radius 2 is 1.85 bits per heavy atom. The van der Waals surface area contributed by atoms with Gasteiger partial charge in [-0.05, 0) is 17.7 Å². The van der Waals surface area contributed by atoms with Crippen LogP contribution >= 0.6 is 12.4 Å². The van der Waals surface area contributed by atoms with E-state index in [1.807, 2.05) is 30.3 Å². The van der Waals surface area contributed by atoms with Crippen LogP contribution in [0.2, 0.25) is 0 Å². The summed E-state index contributed by atoms with van der Waals surface area (Å²) in [5, 5.41) is 0. The van der Waals surface area contributed by atoms with Gasteiger partial charge in [-0.2, -0.15) is 0 Å². The maximum atomic E-state index is 12.5. The summed E-state index contributed by atoms with van der Waals surface area (Å²) >= 11 is 0. The lowest BCUT2D eigenvalue weighted by Gasteiger charge is -2.34. The van der Waals surface area contributed by atoms with Crippen LogP contribution < -0.4 is 10.5 Å². The highest BCUT2D eigenvalue weighted by Crippen LogP contribution is 2.25. The van der Waals surface area contributed by atoms with E-state index in [-0.39, 0.29) is 24.1 Å². The Morgan fingerprint density at radius 3 is 2.59 bits per heavy atom. The topological polar surface area (TPSA) is 60.2 Å². The monoisotopic (exact) mass is 384 g/mol. The van der Waals surface area contributed by atoms with Crippen molar-refractivity contribution in [3.05, 3.63) is 76.8 Å². The third-order valence-corrected chi connectivity index (χ3v) is 4.61. The van der Waals surface area contributed by atoms with Crippen molar-refractivity contribution >= 4 is 18.4 Å². The molecule has 0 N–H and O–H groups in total. The lowest BCUT2D eigenvalue weighted by atomic mass is 10.1. The van der Waals surface area contributed by atoms with E-state index in [0.717, 1.165) is 11.1 Å². The van der Waals surface area contributed by atoms with E-state index in [2.05, 4.69) is 22.0 Å². The SMILES string of the molecule is Cl.Cn1c(N2CCO[C@@H](c3ccccc3)C2)nc(-c2ccncc2)cc1=O. The second-order valence-corrected chi connectivity index (χ2v) is 6.29. The minimum Gasteiger partial charge on any atom is -0.370 e. The molecule has 0 saturated carbocycles. The van der Waals surface area contributed by atoms with Gasteiger partial charge in [-0.25, -0.2) is 4.98 Å². The van der Waals surface area contributed by atoms with Crippen molar-refractivity contribution in [3.8, 4) is 11.3 Å². The number of rotatable bonds is 3. The van der Waals surface area contributed by atoms with Gasteiger partial charge in [0.05, 0.1) is 18.8 Å². The van der Waals surface area contributed by atoms with Gasteiger partial charge in [0.15, 0.2) is 0 Å². The second-order valence-electron chi connectivity index (χ2n) is 6.29. The van der Waals surface area contributed by atoms with Crippen molar-refractivity contribution in [2.24, 2.45) is 7.05 Å². The van der Waals surface area contributed by atoms with Gasteiger partial charge >= 0.3 is 0 Å². The van der Waals surface area contributed by atoms with Crippen molar-refractivity contribution < 1.29 is 4.74 Å². The zero-order valence-electron chi connectivity index (χ0n) is 15.0. The summed E-state index contributed by atoms with van der Waals surface area (Å²) in [4.78, 5) is 23.4. The van der Waals surface area contributed by atoms with Crippen LogP contribution in [0.15, 0.2) is 65.7 Å². The van der Waals surface area contributed by atoms with Gasteiger partial charge < -0.3 is 9.64 Å². The first-order valence-electron chi connectivity index (χ1n) is 8.62. The van der Waals surface area contributed by atoms with Crippen LogP contribution in [0.1, 0.15) is 11.7 Å². The number of ether oxygens (including phenoxy) is 1. The lowest BCUT2D eigenvalue weighted by molar-refractivity contribution is 0.0390. The molecule has 1 aliphatic rings. The van der Waals surface area contributed by atoms with Gasteiger partial charge in [-0.1, -0.05) is 30.3 Å². The van der Waals surface area contributed by atoms with Crippen LogP contribution in [0.3, 0.4) is 0 Å². The summed E-state index contributed by atoms with van der Waals surface area (Å²) in [6.07, 6.45) is 3.37. The van der Waals surface area contributed by atoms with Gasteiger partial charge in [-0.15, -0.1) is 12.4 Å². The highest BCUT2D eigenvalue weighted by Gasteiger charge is 2.25. The number of morpholine rings is 1. The largest absolute Gasteiger partial charge is 0.370 e. The molecule has 1 aromatic carbocycles. The van der Waals surface area contributed by atoms with Gasteiger partial charge in [0, 0.05) is 37.6 Å². The molecule has 0 radical (unpaired) electrons. The Morgan fingerprint density at radius 1 is 1.11 bits per heavy atom. The summed E-state index contributed by atoms with van der Waals surface area (Å²) in [6.45, 7) is 1.95. The summed E-state index contributed by atoms with van der Waals surface area (Å²) < 4.78 is 7.53. The fourth-order valence-corrected chi connectivity index (χ4v) is 3.18. The molecule has 0 unspecified atom stereocenters. The van der Waals surface area contributed by atoms with Crippen LogP contribution in [0.4, 0.5) is 5.95 Å². The van der Waals surface area contributed by atoms with Crippen molar-refractivity contribution in [2.75, 3.05) is 24.6 Å². The van der Waals surface area contributed by atoms with E-state index in [1.54, 1.807) is 30.1 Å². The summed E-state index contributed by atoms with van der Waals surface area (Å²) in [6, 6.07) is 15.4. The first-order valence-corrected chi connectivity index (χ1v) is 8.62. The standard InChI is InChI=1S/C20H20N4O2.ClH/c1-23-19(25)13-17(15-7-9-21-10-8-15)22-20(23)24-11-12-26-18(14-24)16-5-3-2-4-6-16;/h2-10,13,18H,11-12,14H2,1H3;1H/t18-;/m1./s1. The van der Waals surface area contributed by atoms with Crippen LogP contribution in [0.25, 0.3) is 11.3 Å². The molecule has 1 saturated heterocycles. The second kappa shape index (κ2) is 8.33. The molecule has 6 nitrogen and oxygen atoms in total. The molecule has 0 aliphatic carbocycles. The molecule has 0 spiro atoms. The molecule has 2 aromatic heterocycles. The van der Waals surface area contributed by atoms with Crippen molar-refractivity contribution in [2.45, 2.75) is 6.10 Å². The van der Waals surface area contributed by atoms with E-state index in [0.29, 0.717) is 31.3 Å². The average molecular weight is 385 g/mol. The minimum absolute atomic E-state index is 0. The predicted octanol–water partition coefficient (Wildman–Crippen LogP) is 2.84. The quantitative estimate of drug-likeness (QED) is 0.695. The highest BCUT2D eigenvalue weighted by molar-refractivity contribution is 5.85. The van der Waals surface area contributed by atoms with E-state index in [9.17, 15) is 4.79 Å². The number of hydrogen-bond donors (Lipinski definition) is 0. The van der Waals surface area contributed by atoms with Crippen molar-refractivity contribution in [3.63, 3.8) is 0 Å². The third kappa shape index (κ3) is 4.02. The minimum atomic E-state index is -0.0791. The maximum absolute atomic E-state index is 12.5. The summed E-state index contributed by atoms with van der Waals surface area (Å²) in [5.41, 5.74) is 2.59. The molecule has 3 heterocycles. The highest BCUT2D eigenvalue weighted by atomic mass is 35.5. The lowest BCUT2D eigenvalue weighted by Crippen LogP contribution is -2.41. The molecule has 4 rings (SSSR count). The Kier molecular flexibility index (Phi) is 5.88. The molecule has 3 aromatic rings. The van der Waals surface area contributed by atoms with Gasteiger partial charge in [0.2, 0.25) is 5.95 Å².